The molecule has 0 aliphatic heterocycles. The average molecular weight is 330 g/mol. The molecule has 2 aromatic heterocycles. The fourth-order valence-electron chi connectivity index (χ4n) is 1.35. The van der Waals surface area contributed by atoms with Crippen LogP contribution < -0.4 is 10.1 Å². The largest absolute Gasteiger partial charge is 0.433 e. The molecule has 0 unspecified atom stereocenters. The summed E-state index contributed by atoms with van der Waals surface area (Å²) >= 11 is 3.29. The van der Waals surface area contributed by atoms with Crippen LogP contribution in [0.1, 0.15) is 5.69 Å². The minimum absolute atomic E-state index is 0.0421. The molecule has 2 rings (SSSR count). The number of anilines is 1. The molecule has 0 amide bonds. The summed E-state index contributed by atoms with van der Waals surface area (Å²) < 4.78 is 29.0. The van der Waals surface area contributed by atoms with Crippen LogP contribution in [0.3, 0.4) is 0 Å². The zero-order chi connectivity index (χ0) is 13.7. The van der Waals surface area contributed by atoms with Crippen LogP contribution in [-0.4, -0.2) is 16.6 Å². The van der Waals surface area contributed by atoms with Gasteiger partial charge >= 0.3 is 6.61 Å². The summed E-state index contributed by atoms with van der Waals surface area (Å²) in [5, 5.41) is 3.06. The van der Waals surface area contributed by atoms with Crippen molar-refractivity contribution in [2.45, 2.75) is 13.2 Å². The van der Waals surface area contributed by atoms with Crippen molar-refractivity contribution < 1.29 is 13.5 Å². The van der Waals surface area contributed by atoms with Crippen LogP contribution in [0.15, 0.2) is 41.1 Å². The Bertz CT molecular complexity index is 520. The van der Waals surface area contributed by atoms with Crippen molar-refractivity contribution in [1.29, 1.82) is 0 Å². The summed E-state index contributed by atoms with van der Waals surface area (Å²) in [5.74, 6) is 0.749. The maximum Gasteiger partial charge on any atom is 0.387 e. The average Bonchev–Trinajstić information content (AvgIpc) is 2.39. The molecule has 100 valence electrons. The lowest BCUT2D eigenvalue weighted by molar-refractivity contribution is -0.0500. The number of hydrogen-bond donors (Lipinski definition) is 1. The van der Waals surface area contributed by atoms with E-state index in [2.05, 4.69) is 36.0 Å². The third-order valence-electron chi connectivity index (χ3n) is 2.20. The van der Waals surface area contributed by atoms with Crippen molar-refractivity contribution in [2.75, 3.05) is 5.32 Å². The first-order chi connectivity index (χ1) is 9.13. The third-order valence-corrected chi connectivity index (χ3v) is 2.67. The SMILES string of the molecule is FC(F)Oc1ccc(CNc2ccc(Br)cn2)nc1. The second-order valence-corrected chi connectivity index (χ2v) is 4.49. The van der Waals surface area contributed by atoms with Crippen LogP contribution in [0, 0.1) is 0 Å². The van der Waals surface area contributed by atoms with E-state index in [4.69, 9.17) is 0 Å². The van der Waals surface area contributed by atoms with Gasteiger partial charge in [-0.25, -0.2) is 4.98 Å². The van der Waals surface area contributed by atoms with Crippen LogP contribution in [0.25, 0.3) is 0 Å². The van der Waals surface area contributed by atoms with Gasteiger partial charge in [-0.15, -0.1) is 0 Å². The van der Waals surface area contributed by atoms with Gasteiger partial charge in [0.05, 0.1) is 18.4 Å². The number of nitrogens with one attached hydrogen (secondary N) is 1. The van der Waals surface area contributed by atoms with Gasteiger partial charge in [0.25, 0.3) is 0 Å². The Kier molecular flexibility index (Phi) is 4.62. The van der Waals surface area contributed by atoms with Crippen molar-refractivity contribution in [1.82, 2.24) is 9.97 Å². The Morgan fingerprint density at radius 2 is 2.00 bits per heavy atom. The molecule has 0 fully saturated rings. The molecule has 0 aliphatic carbocycles. The lowest BCUT2D eigenvalue weighted by Gasteiger charge is -2.07. The van der Waals surface area contributed by atoms with E-state index in [1.165, 1.54) is 12.3 Å². The molecule has 0 saturated carbocycles. The molecule has 0 aromatic carbocycles. The Hall–Kier alpha value is -1.76. The van der Waals surface area contributed by atoms with Crippen molar-refractivity contribution in [3.8, 4) is 5.75 Å². The van der Waals surface area contributed by atoms with E-state index >= 15 is 0 Å². The third kappa shape index (κ3) is 4.44. The smallest absolute Gasteiger partial charge is 0.387 e. The van der Waals surface area contributed by atoms with Gasteiger partial charge in [0.1, 0.15) is 11.6 Å². The van der Waals surface area contributed by atoms with Crippen LogP contribution >= 0.6 is 15.9 Å². The molecular weight excluding hydrogens is 320 g/mol. The van der Waals surface area contributed by atoms with Gasteiger partial charge in [0.2, 0.25) is 0 Å². The number of nitrogens with zero attached hydrogens (tertiary/aromatic N) is 2. The van der Waals surface area contributed by atoms with E-state index in [-0.39, 0.29) is 5.75 Å². The molecule has 0 aliphatic rings. The van der Waals surface area contributed by atoms with Gasteiger partial charge in [-0.05, 0) is 40.2 Å². The van der Waals surface area contributed by atoms with Crippen molar-refractivity contribution >= 4 is 21.7 Å². The van der Waals surface area contributed by atoms with E-state index in [1.807, 2.05) is 12.1 Å². The predicted molar refractivity (Wildman–Crippen MR) is 70.1 cm³/mol. The molecule has 4 nitrogen and oxygen atoms in total. The number of halogens is 3. The molecule has 0 saturated heterocycles. The molecule has 2 aromatic rings. The second kappa shape index (κ2) is 6.42. The van der Waals surface area contributed by atoms with Gasteiger partial charge < -0.3 is 10.1 Å². The molecule has 0 spiro atoms. The van der Waals surface area contributed by atoms with Crippen LogP contribution in [0.2, 0.25) is 0 Å². The van der Waals surface area contributed by atoms with Gasteiger partial charge in [-0.3, -0.25) is 4.98 Å². The predicted octanol–water partition coefficient (Wildman–Crippen LogP) is 3.45. The second-order valence-electron chi connectivity index (χ2n) is 3.58. The van der Waals surface area contributed by atoms with Crippen LogP contribution in [0.4, 0.5) is 14.6 Å². The first-order valence-corrected chi connectivity index (χ1v) is 6.18. The highest BCUT2D eigenvalue weighted by Gasteiger charge is 2.04. The van der Waals surface area contributed by atoms with E-state index < -0.39 is 6.61 Å². The number of rotatable bonds is 5. The highest BCUT2D eigenvalue weighted by Crippen LogP contribution is 2.14. The monoisotopic (exact) mass is 329 g/mol. The van der Waals surface area contributed by atoms with Gasteiger partial charge in [-0.1, -0.05) is 0 Å². The fourth-order valence-corrected chi connectivity index (χ4v) is 1.58. The molecule has 7 heteroatoms. The standard InChI is InChI=1S/C12H10BrF2N3O/c13-8-1-4-11(17-5-8)18-6-9-2-3-10(7-16-9)19-12(14)15/h1-5,7,12H,6H2,(H,17,18). The lowest BCUT2D eigenvalue weighted by atomic mass is 10.3. The number of ether oxygens (including phenoxy) is 1. The first-order valence-electron chi connectivity index (χ1n) is 5.38. The van der Waals surface area contributed by atoms with Gasteiger partial charge in [0.15, 0.2) is 0 Å². The molecule has 2 heterocycles. The maximum absolute atomic E-state index is 11.9. The van der Waals surface area contributed by atoms with E-state index in [0.717, 1.165) is 4.47 Å². The number of pyridine rings is 2. The molecule has 0 radical (unpaired) electrons. The van der Waals surface area contributed by atoms with E-state index in [0.29, 0.717) is 18.1 Å². The summed E-state index contributed by atoms with van der Waals surface area (Å²) in [6, 6.07) is 6.75. The first kappa shape index (κ1) is 13.7. The summed E-state index contributed by atoms with van der Waals surface area (Å²) in [7, 11) is 0. The molecule has 1 N–H and O–H groups in total. The summed E-state index contributed by atoms with van der Waals surface area (Å²) in [6.07, 6.45) is 2.94. The summed E-state index contributed by atoms with van der Waals surface area (Å²) in [4.78, 5) is 8.15. The highest BCUT2D eigenvalue weighted by atomic mass is 79.9. The molecule has 0 atom stereocenters. The highest BCUT2D eigenvalue weighted by molar-refractivity contribution is 9.10. The quantitative estimate of drug-likeness (QED) is 0.912. The Labute approximate surface area is 117 Å². The Balaban J connectivity index is 1.91. The van der Waals surface area contributed by atoms with Crippen LogP contribution in [0.5, 0.6) is 5.75 Å². The van der Waals surface area contributed by atoms with Crippen LogP contribution in [-0.2, 0) is 6.54 Å². The number of alkyl halides is 2. The van der Waals surface area contributed by atoms with Crippen molar-refractivity contribution in [3.63, 3.8) is 0 Å². The minimum Gasteiger partial charge on any atom is -0.433 e. The normalized spacial score (nSPS) is 10.5. The van der Waals surface area contributed by atoms with E-state index in [9.17, 15) is 8.78 Å². The van der Waals surface area contributed by atoms with Gasteiger partial charge in [-0.2, -0.15) is 8.78 Å². The molecule has 19 heavy (non-hydrogen) atoms. The molecule has 0 bridgehead atoms. The minimum atomic E-state index is -2.84. The topological polar surface area (TPSA) is 47.0 Å². The van der Waals surface area contributed by atoms with Gasteiger partial charge in [0, 0.05) is 10.7 Å². The summed E-state index contributed by atoms with van der Waals surface area (Å²) in [6.45, 7) is -2.39. The van der Waals surface area contributed by atoms with E-state index in [1.54, 1.807) is 12.3 Å². The Morgan fingerprint density at radius 1 is 1.16 bits per heavy atom. The zero-order valence-electron chi connectivity index (χ0n) is 9.69. The fraction of sp³-hybridized carbons (Fsp3) is 0.167. The molecular formula is C12H10BrF2N3O. The zero-order valence-corrected chi connectivity index (χ0v) is 11.3. The Morgan fingerprint density at radius 3 is 2.58 bits per heavy atom. The maximum atomic E-state index is 11.9. The summed E-state index contributed by atoms with van der Waals surface area (Å²) in [5.41, 5.74) is 0.700. The lowest BCUT2D eigenvalue weighted by Crippen LogP contribution is -2.05. The van der Waals surface area contributed by atoms with Crippen molar-refractivity contribution in [2.24, 2.45) is 0 Å². The number of aromatic nitrogens is 2. The van der Waals surface area contributed by atoms with Crippen molar-refractivity contribution in [3.05, 3.63) is 46.8 Å². The number of hydrogen-bond acceptors (Lipinski definition) is 4.